The predicted molar refractivity (Wildman–Crippen MR) is 82.1 cm³/mol. The molecule has 1 aliphatic heterocycles. The van der Waals surface area contributed by atoms with Crippen LogP contribution in [0, 0.1) is 6.92 Å². The molecule has 0 radical (unpaired) electrons. The summed E-state index contributed by atoms with van der Waals surface area (Å²) < 4.78 is 16.3. The molecule has 0 amide bonds. The topological polar surface area (TPSA) is 47.9 Å². The molecule has 1 saturated heterocycles. The van der Waals surface area contributed by atoms with E-state index in [1.807, 2.05) is 19.1 Å². The van der Waals surface area contributed by atoms with E-state index in [1.165, 1.54) is 6.42 Å². The van der Waals surface area contributed by atoms with Crippen molar-refractivity contribution in [2.75, 3.05) is 20.8 Å². The first-order valence-electron chi connectivity index (χ1n) is 7.68. The van der Waals surface area contributed by atoms with Crippen molar-refractivity contribution in [3.8, 4) is 11.5 Å². The van der Waals surface area contributed by atoms with Gasteiger partial charge in [0.15, 0.2) is 11.5 Å². The zero-order valence-electron chi connectivity index (χ0n) is 13.2. The Morgan fingerprint density at radius 1 is 1.24 bits per heavy atom. The number of hydrogen-bond donors (Lipinski definition) is 1. The summed E-state index contributed by atoms with van der Waals surface area (Å²) in [6.45, 7) is 2.84. The molecule has 118 valence electrons. The average Bonchev–Trinajstić information content (AvgIpc) is 2.53. The van der Waals surface area contributed by atoms with Gasteiger partial charge in [-0.05, 0) is 62.3 Å². The van der Waals surface area contributed by atoms with E-state index in [2.05, 4.69) is 0 Å². The quantitative estimate of drug-likeness (QED) is 0.873. The van der Waals surface area contributed by atoms with Gasteiger partial charge in [0, 0.05) is 6.61 Å². The van der Waals surface area contributed by atoms with Crippen LogP contribution in [0.2, 0.25) is 0 Å². The molecule has 2 atom stereocenters. The number of ether oxygens (including phenoxy) is 3. The van der Waals surface area contributed by atoms with Crippen LogP contribution in [0.1, 0.15) is 49.3 Å². The smallest absolute Gasteiger partial charge is 0.161 e. The van der Waals surface area contributed by atoms with Gasteiger partial charge in [-0.3, -0.25) is 0 Å². The van der Waals surface area contributed by atoms with Crippen molar-refractivity contribution in [2.45, 2.75) is 51.2 Å². The third-order valence-corrected chi connectivity index (χ3v) is 4.17. The maximum Gasteiger partial charge on any atom is 0.161 e. The Bertz CT molecular complexity index is 452. The maximum absolute atomic E-state index is 10.5. The second-order valence-corrected chi connectivity index (χ2v) is 5.65. The highest BCUT2D eigenvalue weighted by molar-refractivity contribution is 5.47. The molecule has 1 fully saturated rings. The van der Waals surface area contributed by atoms with E-state index in [9.17, 15) is 5.11 Å². The summed E-state index contributed by atoms with van der Waals surface area (Å²) in [7, 11) is 3.23. The minimum atomic E-state index is -0.490. The lowest BCUT2D eigenvalue weighted by Gasteiger charge is -2.24. The van der Waals surface area contributed by atoms with Crippen molar-refractivity contribution in [3.05, 3.63) is 23.3 Å². The van der Waals surface area contributed by atoms with E-state index in [-0.39, 0.29) is 0 Å². The van der Waals surface area contributed by atoms with Gasteiger partial charge in [0.25, 0.3) is 0 Å². The highest BCUT2D eigenvalue weighted by Gasteiger charge is 2.19. The average molecular weight is 294 g/mol. The lowest BCUT2D eigenvalue weighted by atomic mass is 9.96. The van der Waals surface area contributed by atoms with Crippen LogP contribution in [0.4, 0.5) is 0 Å². The van der Waals surface area contributed by atoms with Gasteiger partial charge in [0.2, 0.25) is 0 Å². The molecular weight excluding hydrogens is 268 g/mol. The summed E-state index contributed by atoms with van der Waals surface area (Å²) in [6.07, 6.45) is 4.92. The van der Waals surface area contributed by atoms with Gasteiger partial charge in [-0.1, -0.05) is 0 Å². The summed E-state index contributed by atoms with van der Waals surface area (Å²) in [5.74, 6) is 1.35. The fourth-order valence-electron chi connectivity index (χ4n) is 2.89. The van der Waals surface area contributed by atoms with E-state index in [4.69, 9.17) is 14.2 Å². The number of aliphatic hydroxyl groups excluding tert-OH is 1. The maximum atomic E-state index is 10.5. The minimum Gasteiger partial charge on any atom is -0.493 e. The Balaban J connectivity index is 2.02. The molecule has 4 nitrogen and oxygen atoms in total. The molecule has 0 aliphatic carbocycles. The molecule has 0 spiro atoms. The third kappa shape index (κ3) is 4.11. The van der Waals surface area contributed by atoms with E-state index in [1.54, 1.807) is 14.2 Å². The first kappa shape index (κ1) is 16.1. The van der Waals surface area contributed by atoms with Crippen LogP contribution in [0.3, 0.4) is 0 Å². The lowest BCUT2D eigenvalue weighted by Crippen LogP contribution is -2.19. The Labute approximate surface area is 127 Å². The summed E-state index contributed by atoms with van der Waals surface area (Å²) >= 11 is 0. The largest absolute Gasteiger partial charge is 0.493 e. The molecule has 2 rings (SSSR count). The van der Waals surface area contributed by atoms with Crippen LogP contribution in [-0.4, -0.2) is 32.0 Å². The predicted octanol–water partition coefficient (Wildman–Crippen LogP) is 3.39. The molecule has 1 N–H and O–H groups in total. The zero-order valence-corrected chi connectivity index (χ0v) is 13.2. The molecule has 1 aromatic carbocycles. The van der Waals surface area contributed by atoms with Crippen molar-refractivity contribution >= 4 is 0 Å². The molecule has 1 aromatic rings. The Morgan fingerprint density at radius 2 is 1.95 bits per heavy atom. The van der Waals surface area contributed by atoms with Crippen molar-refractivity contribution in [1.29, 1.82) is 0 Å². The summed E-state index contributed by atoms with van der Waals surface area (Å²) in [5, 5.41) is 10.5. The second kappa shape index (κ2) is 7.66. The van der Waals surface area contributed by atoms with Crippen molar-refractivity contribution < 1.29 is 19.3 Å². The van der Waals surface area contributed by atoms with Crippen molar-refractivity contribution in [1.82, 2.24) is 0 Å². The van der Waals surface area contributed by atoms with Crippen LogP contribution in [0.5, 0.6) is 11.5 Å². The summed E-state index contributed by atoms with van der Waals surface area (Å²) in [4.78, 5) is 0. The molecular formula is C17H26O4. The molecule has 1 aliphatic rings. The first-order valence-corrected chi connectivity index (χ1v) is 7.68. The highest BCUT2D eigenvalue weighted by Crippen LogP contribution is 2.34. The van der Waals surface area contributed by atoms with Gasteiger partial charge in [-0.15, -0.1) is 0 Å². The number of benzene rings is 1. The summed E-state index contributed by atoms with van der Waals surface area (Å²) in [5.41, 5.74) is 1.92. The van der Waals surface area contributed by atoms with Crippen LogP contribution in [0.25, 0.3) is 0 Å². The zero-order chi connectivity index (χ0) is 15.2. The normalized spacial score (nSPS) is 20.1. The van der Waals surface area contributed by atoms with Crippen LogP contribution in [-0.2, 0) is 4.74 Å². The van der Waals surface area contributed by atoms with Gasteiger partial charge in [0.1, 0.15) is 0 Å². The van der Waals surface area contributed by atoms with Gasteiger partial charge in [-0.25, -0.2) is 0 Å². The highest BCUT2D eigenvalue weighted by atomic mass is 16.5. The van der Waals surface area contributed by atoms with E-state index >= 15 is 0 Å². The minimum absolute atomic E-state index is 0.300. The fourth-order valence-corrected chi connectivity index (χ4v) is 2.89. The summed E-state index contributed by atoms with van der Waals surface area (Å²) in [6, 6.07) is 3.79. The Morgan fingerprint density at radius 3 is 2.57 bits per heavy atom. The van der Waals surface area contributed by atoms with Crippen molar-refractivity contribution in [3.63, 3.8) is 0 Å². The number of rotatable bonds is 6. The first-order chi connectivity index (χ1) is 10.2. The fraction of sp³-hybridized carbons (Fsp3) is 0.647. The van der Waals surface area contributed by atoms with Gasteiger partial charge < -0.3 is 19.3 Å². The standard InChI is InChI=1S/C17H26O4/c1-12-10-16(19-2)17(20-3)11-14(12)15(18)8-7-13-6-4-5-9-21-13/h10-11,13,15,18H,4-9H2,1-3H3. The lowest BCUT2D eigenvalue weighted by molar-refractivity contribution is 0.00207. The molecule has 0 bridgehead atoms. The van der Waals surface area contributed by atoms with Crippen LogP contribution < -0.4 is 9.47 Å². The van der Waals surface area contributed by atoms with E-state index < -0.39 is 6.10 Å². The number of hydrogen-bond acceptors (Lipinski definition) is 4. The van der Waals surface area contributed by atoms with Crippen LogP contribution in [0.15, 0.2) is 12.1 Å². The van der Waals surface area contributed by atoms with Gasteiger partial charge >= 0.3 is 0 Å². The molecule has 2 unspecified atom stereocenters. The van der Waals surface area contributed by atoms with Gasteiger partial charge in [-0.2, -0.15) is 0 Å². The van der Waals surface area contributed by atoms with Gasteiger partial charge in [0.05, 0.1) is 26.4 Å². The third-order valence-electron chi connectivity index (χ3n) is 4.17. The number of aliphatic hydroxyl groups is 1. The number of methoxy groups -OCH3 is 2. The molecule has 1 heterocycles. The molecule has 21 heavy (non-hydrogen) atoms. The van der Waals surface area contributed by atoms with E-state index in [0.29, 0.717) is 24.0 Å². The van der Waals surface area contributed by atoms with E-state index in [0.717, 1.165) is 37.0 Å². The molecule has 0 aromatic heterocycles. The molecule has 0 saturated carbocycles. The monoisotopic (exact) mass is 294 g/mol. The Hall–Kier alpha value is -1.26. The Kier molecular flexibility index (Phi) is 5.88. The molecule has 4 heteroatoms. The van der Waals surface area contributed by atoms with Crippen LogP contribution >= 0.6 is 0 Å². The second-order valence-electron chi connectivity index (χ2n) is 5.65. The number of aryl methyl sites for hydroxylation is 1. The SMILES string of the molecule is COc1cc(C)c(C(O)CCC2CCCCO2)cc1OC. The van der Waals surface area contributed by atoms with Crippen molar-refractivity contribution in [2.24, 2.45) is 0 Å².